The number of hydrogen-bond donors (Lipinski definition) is 3. The van der Waals surface area contributed by atoms with Gasteiger partial charge in [0.15, 0.2) is 5.82 Å². The Morgan fingerprint density at radius 3 is 2.70 bits per heavy atom. The first-order chi connectivity index (χ1) is 10.9. The fourth-order valence-corrected chi connectivity index (χ4v) is 1.93. The average Bonchev–Trinajstić information content (AvgIpc) is 3.04. The van der Waals surface area contributed by atoms with Crippen molar-refractivity contribution in [3.63, 3.8) is 0 Å². The molecule has 2 heterocycles. The molecule has 0 bridgehead atoms. The molecular formula is C14H21N7O2. The lowest BCUT2D eigenvalue weighted by Crippen LogP contribution is -2.27. The largest absolute Gasteiger partial charge is 0.350 e. The predicted molar refractivity (Wildman–Crippen MR) is 83.4 cm³/mol. The number of nitrogens with zero attached hydrogens (tertiary/aromatic N) is 4. The SMILES string of the molecule is Cc1n[nH]c(C)c1CNC(=O)Cn1cc(NC(=O)C(C)C)nn1. The van der Waals surface area contributed by atoms with Gasteiger partial charge in [0.2, 0.25) is 11.8 Å². The molecule has 2 aromatic heterocycles. The van der Waals surface area contributed by atoms with E-state index in [0.717, 1.165) is 17.0 Å². The second-order valence-electron chi connectivity index (χ2n) is 5.63. The molecule has 0 spiro atoms. The van der Waals surface area contributed by atoms with Gasteiger partial charge in [-0.1, -0.05) is 19.1 Å². The Morgan fingerprint density at radius 1 is 1.35 bits per heavy atom. The molecule has 124 valence electrons. The number of rotatable bonds is 6. The van der Waals surface area contributed by atoms with E-state index in [1.165, 1.54) is 10.9 Å². The highest BCUT2D eigenvalue weighted by molar-refractivity contribution is 5.90. The van der Waals surface area contributed by atoms with Gasteiger partial charge in [0.1, 0.15) is 6.54 Å². The van der Waals surface area contributed by atoms with Crippen LogP contribution in [0.25, 0.3) is 0 Å². The highest BCUT2D eigenvalue weighted by Crippen LogP contribution is 2.08. The maximum absolute atomic E-state index is 12.0. The van der Waals surface area contributed by atoms with Crippen molar-refractivity contribution in [2.45, 2.75) is 40.8 Å². The van der Waals surface area contributed by atoms with Crippen LogP contribution >= 0.6 is 0 Å². The van der Waals surface area contributed by atoms with Crippen molar-refractivity contribution in [1.82, 2.24) is 30.5 Å². The smallest absolute Gasteiger partial charge is 0.242 e. The summed E-state index contributed by atoms with van der Waals surface area (Å²) in [6.07, 6.45) is 1.52. The first-order valence-electron chi connectivity index (χ1n) is 7.35. The number of carbonyl (C=O) groups is 2. The molecule has 23 heavy (non-hydrogen) atoms. The highest BCUT2D eigenvalue weighted by Gasteiger charge is 2.12. The van der Waals surface area contributed by atoms with E-state index in [9.17, 15) is 9.59 Å². The molecule has 3 N–H and O–H groups in total. The van der Waals surface area contributed by atoms with Gasteiger partial charge in [-0.05, 0) is 13.8 Å². The van der Waals surface area contributed by atoms with Crippen LogP contribution in [0, 0.1) is 19.8 Å². The van der Waals surface area contributed by atoms with E-state index in [1.54, 1.807) is 13.8 Å². The Bertz CT molecular complexity index is 682. The van der Waals surface area contributed by atoms with E-state index >= 15 is 0 Å². The number of amides is 2. The Morgan fingerprint density at radius 2 is 2.09 bits per heavy atom. The molecule has 0 saturated heterocycles. The van der Waals surface area contributed by atoms with Crippen molar-refractivity contribution in [3.8, 4) is 0 Å². The summed E-state index contributed by atoms with van der Waals surface area (Å²) in [6, 6.07) is 0. The summed E-state index contributed by atoms with van der Waals surface area (Å²) >= 11 is 0. The highest BCUT2D eigenvalue weighted by atomic mass is 16.2. The van der Waals surface area contributed by atoms with Crippen LogP contribution in [0.4, 0.5) is 5.82 Å². The molecule has 0 saturated carbocycles. The standard InChI is InChI=1S/C14H21N7O2/c1-8(2)14(23)16-12-6-21(20-19-12)7-13(22)15-5-11-9(3)17-18-10(11)4/h6,8H,5,7H2,1-4H3,(H,15,22)(H,16,23)(H,17,18). The topological polar surface area (TPSA) is 118 Å². The molecule has 0 unspecified atom stereocenters. The second-order valence-corrected chi connectivity index (χ2v) is 5.63. The minimum Gasteiger partial charge on any atom is -0.350 e. The first-order valence-corrected chi connectivity index (χ1v) is 7.35. The van der Waals surface area contributed by atoms with Gasteiger partial charge in [0.05, 0.1) is 11.9 Å². The number of aromatic nitrogens is 5. The van der Waals surface area contributed by atoms with Gasteiger partial charge >= 0.3 is 0 Å². The van der Waals surface area contributed by atoms with E-state index in [4.69, 9.17) is 0 Å². The van der Waals surface area contributed by atoms with Gasteiger partial charge in [-0.3, -0.25) is 14.7 Å². The third-order valence-electron chi connectivity index (χ3n) is 3.36. The number of nitrogens with one attached hydrogen (secondary N) is 3. The summed E-state index contributed by atoms with van der Waals surface area (Å²) in [4.78, 5) is 23.5. The van der Waals surface area contributed by atoms with Crippen LogP contribution in [0.5, 0.6) is 0 Å². The molecule has 0 radical (unpaired) electrons. The van der Waals surface area contributed by atoms with Gasteiger partial charge < -0.3 is 10.6 Å². The lowest BCUT2D eigenvalue weighted by Gasteiger charge is -2.05. The molecule has 0 aliphatic carbocycles. The summed E-state index contributed by atoms with van der Waals surface area (Å²) in [5, 5.41) is 20.0. The third kappa shape index (κ3) is 4.38. The number of aromatic amines is 1. The van der Waals surface area contributed by atoms with Crippen molar-refractivity contribution in [3.05, 3.63) is 23.1 Å². The van der Waals surface area contributed by atoms with E-state index in [-0.39, 0.29) is 24.3 Å². The summed E-state index contributed by atoms with van der Waals surface area (Å²) in [7, 11) is 0. The number of anilines is 1. The summed E-state index contributed by atoms with van der Waals surface area (Å²) in [6.45, 7) is 7.79. The van der Waals surface area contributed by atoms with Gasteiger partial charge in [0.25, 0.3) is 0 Å². The zero-order valence-electron chi connectivity index (χ0n) is 13.7. The maximum Gasteiger partial charge on any atom is 0.242 e. The van der Waals surface area contributed by atoms with Gasteiger partial charge in [-0.15, -0.1) is 5.10 Å². The quantitative estimate of drug-likeness (QED) is 0.718. The number of H-pyrrole nitrogens is 1. The molecule has 0 aromatic carbocycles. The van der Waals surface area contributed by atoms with Crippen LogP contribution < -0.4 is 10.6 Å². The minimum atomic E-state index is -0.198. The predicted octanol–water partition coefficient (Wildman–Crippen LogP) is 0.529. The molecular weight excluding hydrogens is 298 g/mol. The Balaban J connectivity index is 1.86. The monoisotopic (exact) mass is 319 g/mol. The van der Waals surface area contributed by atoms with Crippen LogP contribution in [0.1, 0.15) is 30.8 Å². The van der Waals surface area contributed by atoms with Crippen molar-refractivity contribution < 1.29 is 9.59 Å². The molecule has 0 aliphatic rings. The van der Waals surface area contributed by atoms with E-state index in [0.29, 0.717) is 12.4 Å². The zero-order valence-corrected chi connectivity index (χ0v) is 13.7. The number of aryl methyl sites for hydroxylation is 2. The number of hydrogen-bond acceptors (Lipinski definition) is 5. The molecule has 9 heteroatoms. The second kappa shape index (κ2) is 7.03. The summed E-state index contributed by atoms with van der Waals surface area (Å²) < 4.78 is 1.38. The maximum atomic E-state index is 12.0. The average molecular weight is 319 g/mol. The summed E-state index contributed by atoms with van der Waals surface area (Å²) in [5.74, 6) is -0.160. The van der Waals surface area contributed by atoms with E-state index < -0.39 is 0 Å². The molecule has 2 rings (SSSR count). The van der Waals surface area contributed by atoms with Crippen molar-refractivity contribution in [1.29, 1.82) is 0 Å². The van der Waals surface area contributed by atoms with Crippen LogP contribution in [0.15, 0.2) is 6.20 Å². The Kier molecular flexibility index (Phi) is 5.09. The van der Waals surface area contributed by atoms with Crippen LogP contribution in [0.2, 0.25) is 0 Å². The van der Waals surface area contributed by atoms with Gasteiger partial charge in [0, 0.05) is 23.7 Å². The number of carbonyl (C=O) groups excluding carboxylic acids is 2. The van der Waals surface area contributed by atoms with Crippen LogP contribution in [0.3, 0.4) is 0 Å². The van der Waals surface area contributed by atoms with Crippen molar-refractivity contribution in [2.24, 2.45) is 5.92 Å². The van der Waals surface area contributed by atoms with Crippen molar-refractivity contribution >= 4 is 17.6 Å². The Hall–Kier alpha value is -2.71. The molecule has 2 aromatic rings. The van der Waals surface area contributed by atoms with Crippen LogP contribution in [-0.4, -0.2) is 37.0 Å². The normalized spacial score (nSPS) is 10.8. The van der Waals surface area contributed by atoms with E-state index in [2.05, 4.69) is 31.1 Å². The molecule has 0 atom stereocenters. The third-order valence-corrected chi connectivity index (χ3v) is 3.36. The van der Waals surface area contributed by atoms with Gasteiger partial charge in [-0.2, -0.15) is 5.10 Å². The lowest BCUT2D eigenvalue weighted by atomic mass is 10.2. The molecule has 9 nitrogen and oxygen atoms in total. The molecule has 2 amide bonds. The van der Waals surface area contributed by atoms with Crippen molar-refractivity contribution in [2.75, 3.05) is 5.32 Å². The first kappa shape index (κ1) is 16.7. The van der Waals surface area contributed by atoms with Crippen LogP contribution in [-0.2, 0) is 22.7 Å². The minimum absolute atomic E-state index is 0.0283. The zero-order chi connectivity index (χ0) is 17.0. The fraction of sp³-hybridized carbons (Fsp3) is 0.500. The van der Waals surface area contributed by atoms with Gasteiger partial charge in [-0.25, -0.2) is 4.68 Å². The lowest BCUT2D eigenvalue weighted by molar-refractivity contribution is -0.122. The molecule has 0 fully saturated rings. The molecule has 0 aliphatic heterocycles. The van der Waals surface area contributed by atoms with E-state index in [1.807, 2.05) is 13.8 Å². The fourth-order valence-electron chi connectivity index (χ4n) is 1.93. The summed E-state index contributed by atoms with van der Waals surface area (Å²) in [5.41, 5.74) is 2.77. The Labute approximate surface area is 133 Å².